The lowest BCUT2D eigenvalue weighted by atomic mass is 9.89. The third-order valence-electron chi connectivity index (χ3n) is 4.45. The van der Waals surface area contributed by atoms with Gasteiger partial charge in [0, 0.05) is 12.0 Å². The van der Waals surface area contributed by atoms with E-state index in [1.807, 2.05) is 48.9 Å². The highest BCUT2D eigenvalue weighted by molar-refractivity contribution is 5.77. The molecule has 1 saturated carbocycles. The molecule has 0 amide bonds. The molecule has 3 rings (SSSR count). The largest absolute Gasteiger partial charge is 0.481 e. The first-order valence-corrected chi connectivity index (χ1v) is 7.19. The predicted octanol–water partition coefficient (Wildman–Crippen LogP) is 2.33. The SMILES string of the molecule is Cc1nc(C)n(CCC2(c3ccccc3)CC2C(=O)O)n1. The molecule has 2 atom stereocenters. The molecular formula is C16H19N3O2. The summed E-state index contributed by atoms with van der Waals surface area (Å²) in [5, 5.41) is 13.7. The van der Waals surface area contributed by atoms with Gasteiger partial charge in [-0.25, -0.2) is 4.98 Å². The van der Waals surface area contributed by atoms with E-state index < -0.39 is 5.97 Å². The van der Waals surface area contributed by atoms with Crippen LogP contribution in [-0.2, 0) is 16.8 Å². The molecule has 21 heavy (non-hydrogen) atoms. The van der Waals surface area contributed by atoms with E-state index in [1.54, 1.807) is 0 Å². The number of rotatable bonds is 5. The molecule has 0 spiro atoms. The van der Waals surface area contributed by atoms with Crippen LogP contribution in [0, 0.1) is 19.8 Å². The van der Waals surface area contributed by atoms with Crippen molar-refractivity contribution in [3.8, 4) is 0 Å². The summed E-state index contributed by atoms with van der Waals surface area (Å²) < 4.78 is 1.87. The number of aryl methyl sites for hydroxylation is 3. The maximum absolute atomic E-state index is 11.4. The second-order valence-electron chi connectivity index (χ2n) is 5.80. The van der Waals surface area contributed by atoms with Crippen molar-refractivity contribution in [2.45, 2.75) is 38.6 Å². The van der Waals surface area contributed by atoms with Crippen molar-refractivity contribution in [3.05, 3.63) is 47.5 Å². The topological polar surface area (TPSA) is 68.0 Å². The molecule has 0 aliphatic heterocycles. The number of aliphatic carboxylic acids is 1. The van der Waals surface area contributed by atoms with E-state index in [0.29, 0.717) is 13.0 Å². The lowest BCUT2D eigenvalue weighted by Crippen LogP contribution is -2.18. The number of benzene rings is 1. The van der Waals surface area contributed by atoms with Gasteiger partial charge in [0.25, 0.3) is 0 Å². The zero-order valence-electron chi connectivity index (χ0n) is 12.3. The summed E-state index contributed by atoms with van der Waals surface area (Å²) in [4.78, 5) is 15.7. The van der Waals surface area contributed by atoms with E-state index in [2.05, 4.69) is 10.1 Å². The van der Waals surface area contributed by atoms with Crippen LogP contribution in [0.1, 0.15) is 30.1 Å². The van der Waals surface area contributed by atoms with Gasteiger partial charge in [0.1, 0.15) is 11.6 Å². The lowest BCUT2D eigenvalue weighted by Gasteiger charge is -2.17. The number of hydrogen-bond acceptors (Lipinski definition) is 3. The van der Waals surface area contributed by atoms with Crippen LogP contribution in [0.15, 0.2) is 30.3 Å². The monoisotopic (exact) mass is 285 g/mol. The van der Waals surface area contributed by atoms with E-state index in [9.17, 15) is 9.90 Å². The fraction of sp³-hybridized carbons (Fsp3) is 0.438. The Morgan fingerprint density at radius 1 is 1.38 bits per heavy atom. The van der Waals surface area contributed by atoms with E-state index in [4.69, 9.17) is 0 Å². The Balaban J connectivity index is 1.82. The lowest BCUT2D eigenvalue weighted by molar-refractivity contribution is -0.139. The molecule has 1 N–H and O–H groups in total. The smallest absolute Gasteiger partial charge is 0.307 e. The Morgan fingerprint density at radius 3 is 2.62 bits per heavy atom. The van der Waals surface area contributed by atoms with Crippen molar-refractivity contribution in [2.75, 3.05) is 0 Å². The third kappa shape index (κ3) is 2.44. The van der Waals surface area contributed by atoms with E-state index in [-0.39, 0.29) is 11.3 Å². The van der Waals surface area contributed by atoms with Crippen LogP contribution in [0.4, 0.5) is 0 Å². The Morgan fingerprint density at radius 2 is 2.10 bits per heavy atom. The highest BCUT2D eigenvalue weighted by atomic mass is 16.4. The highest BCUT2D eigenvalue weighted by Crippen LogP contribution is 2.57. The zero-order valence-corrected chi connectivity index (χ0v) is 12.3. The summed E-state index contributed by atoms with van der Waals surface area (Å²) in [5.74, 6) is 0.644. The summed E-state index contributed by atoms with van der Waals surface area (Å²) in [7, 11) is 0. The molecule has 110 valence electrons. The molecular weight excluding hydrogens is 266 g/mol. The number of nitrogens with zero attached hydrogens (tertiary/aromatic N) is 3. The van der Waals surface area contributed by atoms with E-state index >= 15 is 0 Å². The first-order chi connectivity index (χ1) is 10.0. The molecule has 5 heteroatoms. The molecule has 0 saturated heterocycles. The van der Waals surface area contributed by atoms with Crippen LogP contribution in [0.3, 0.4) is 0 Å². The number of hydrogen-bond donors (Lipinski definition) is 1. The van der Waals surface area contributed by atoms with Gasteiger partial charge in [0.2, 0.25) is 0 Å². The van der Waals surface area contributed by atoms with Gasteiger partial charge in [-0.1, -0.05) is 30.3 Å². The second-order valence-corrected chi connectivity index (χ2v) is 5.80. The molecule has 5 nitrogen and oxygen atoms in total. The Labute approximate surface area is 123 Å². The molecule has 1 aliphatic rings. The average molecular weight is 285 g/mol. The Hall–Kier alpha value is -2.17. The number of aromatic nitrogens is 3. The van der Waals surface area contributed by atoms with Crippen LogP contribution in [-0.4, -0.2) is 25.8 Å². The maximum atomic E-state index is 11.4. The Kier molecular flexibility index (Phi) is 3.27. The van der Waals surface area contributed by atoms with Crippen LogP contribution >= 0.6 is 0 Å². The fourth-order valence-electron chi connectivity index (χ4n) is 3.22. The highest BCUT2D eigenvalue weighted by Gasteiger charge is 2.58. The molecule has 0 bridgehead atoms. The first-order valence-electron chi connectivity index (χ1n) is 7.19. The number of carboxylic acid groups (broad SMARTS) is 1. The van der Waals surface area contributed by atoms with Crippen molar-refractivity contribution >= 4 is 5.97 Å². The standard InChI is InChI=1S/C16H19N3O2/c1-11-17-12(2)19(18-11)9-8-16(10-14(16)15(20)21)13-6-4-3-5-7-13/h3-7,14H,8-10H2,1-2H3,(H,20,21). The number of carbonyl (C=O) groups is 1. The first kappa shape index (κ1) is 13.8. The van der Waals surface area contributed by atoms with E-state index in [1.165, 1.54) is 0 Å². The molecule has 0 radical (unpaired) electrons. The summed E-state index contributed by atoms with van der Waals surface area (Å²) in [5.41, 5.74) is 0.867. The Bertz CT molecular complexity index is 665. The molecule has 1 fully saturated rings. The quantitative estimate of drug-likeness (QED) is 0.915. The van der Waals surface area contributed by atoms with Gasteiger partial charge >= 0.3 is 5.97 Å². The van der Waals surface area contributed by atoms with Gasteiger partial charge in [-0.15, -0.1) is 0 Å². The zero-order chi connectivity index (χ0) is 15.0. The van der Waals surface area contributed by atoms with Gasteiger partial charge < -0.3 is 5.11 Å². The molecule has 2 unspecified atom stereocenters. The minimum atomic E-state index is -0.703. The van der Waals surface area contributed by atoms with Gasteiger partial charge in [-0.3, -0.25) is 9.48 Å². The molecule has 1 aliphatic carbocycles. The minimum Gasteiger partial charge on any atom is -0.481 e. The second kappa shape index (κ2) is 4.98. The van der Waals surface area contributed by atoms with E-state index in [0.717, 1.165) is 23.6 Å². The average Bonchev–Trinajstić information content (AvgIpc) is 3.12. The van der Waals surface area contributed by atoms with Crippen LogP contribution < -0.4 is 0 Å². The van der Waals surface area contributed by atoms with Crippen molar-refractivity contribution in [2.24, 2.45) is 5.92 Å². The van der Waals surface area contributed by atoms with Crippen LogP contribution in [0.2, 0.25) is 0 Å². The van der Waals surface area contributed by atoms with Gasteiger partial charge in [-0.2, -0.15) is 5.10 Å². The summed E-state index contributed by atoms with van der Waals surface area (Å²) in [6.07, 6.45) is 1.48. The molecule has 1 aromatic heterocycles. The van der Waals surface area contributed by atoms with Crippen molar-refractivity contribution in [3.63, 3.8) is 0 Å². The van der Waals surface area contributed by atoms with Gasteiger partial charge in [0.15, 0.2) is 0 Å². The van der Waals surface area contributed by atoms with Crippen molar-refractivity contribution in [1.82, 2.24) is 14.8 Å². The van der Waals surface area contributed by atoms with Crippen molar-refractivity contribution < 1.29 is 9.90 Å². The van der Waals surface area contributed by atoms with Crippen molar-refractivity contribution in [1.29, 1.82) is 0 Å². The maximum Gasteiger partial charge on any atom is 0.307 e. The molecule has 1 heterocycles. The predicted molar refractivity (Wildman–Crippen MR) is 78.0 cm³/mol. The van der Waals surface area contributed by atoms with Crippen LogP contribution in [0.25, 0.3) is 0 Å². The summed E-state index contributed by atoms with van der Waals surface area (Å²) in [6, 6.07) is 9.96. The molecule has 2 aromatic rings. The minimum absolute atomic E-state index is 0.251. The summed E-state index contributed by atoms with van der Waals surface area (Å²) >= 11 is 0. The van der Waals surface area contributed by atoms with Gasteiger partial charge in [-0.05, 0) is 32.3 Å². The number of carboxylic acids is 1. The normalized spacial score (nSPS) is 24.0. The third-order valence-corrected chi connectivity index (χ3v) is 4.45. The summed E-state index contributed by atoms with van der Waals surface area (Å²) in [6.45, 7) is 4.50. The fourth-order valence-corrected chi connectivity index (χ4v) is 3.22. The molecule has 1 aromatic carbocycles. The van der Waals surface area contributed by atoms with Crippen LogP contribution in [0.5, 0.6) is 0 Å². The van der Waals surface area contributed by atoms with Gasteiger partial charge in [0.05, 0.1) is 5.92 Å².